The summed E-state index contributed by atoms with van der Waals surface area (Å²) in [6.07, 6.45) is 7.43. The summed E-state index contributed by atoms with van der Waals surface area (Å²) in [6, 6.07) is 12.9. The number of hydrogen-bond donors (Lipinski definition) is 1. The van der Waals surface area contributed by atoms with Gasteiger partial charge in [0, 0.05) is 6.08 Å². The van der Waals surface area contributed by atoms with Gasteiger partial charge in [-0.1, -0.05) is 18.2 Å². The van der Waals surface area contributed by atoms with Crippen LogP contribution in [0.3, 0.4) is 0 Å². The number of carbonyl (C=O) groups excluding carboxylic acids is 1. The van der Waals surface area contributed by atoms with E-state index in [2.05, 4.69) is 15.3 Å². The smallest absolute Gasteiger partial charge is 0.322 e. The molecule has 0 saturated heterocycles. The third kappa shape index (κ3) is 4.28. The van der Waals surface area contributed by atoms with Crippen molar-refractivity contribution < 1.29 is 13.9 Å². The second kappa shape index (κ2) is 7.04. The molecule has 2 heterocycles. The minimum atomic E-state index is -0.304. The van der Waals surface area contributed by atoms with Crippen molar-refractivity contribution in [1.29, 1.82) is 0 Å². The SMILES string of the molecule is O=C(/C=C/c1ccco1)Nc1cnc(Oc2ccccc2)nc1. The van der Waals surface area contributed by atoms with Crippen LogP contribution in [0.1, 0.15) is 5.76 Å². The molecular formula is C17H13N3O3. The van der Waals surface area contributed by atoms with Gasteiger partial charge in [-0.05, 0) is 30.3 Å². The first kappa shape index (κ1) is 14.5. The summed E-state index contributed by atoms with van der Waals surface area (Å²) in [7, 11) is 0. The minimum Gasteiger partial charge on any atom is -0.465 e. The Kier molecular flexibility index (Phi) is 4.44. The molecule has 0 unspecified atom stereocenters. The van der Waals surface area contributed by atoms with Gasteiger partial charge in [-0.15, -0.1) is 0 Å². The molecule has 1 amide bonds. The number of nitrogens with one attached hydrogen (secondary N) is 1. The summed E-state index contributed by atoms with van der Waals surface area (Å²) >= 11 is 0. The second-order valence-electron chi connectivity index (χ2n) is 4.51. The fourth-order valence-corrected chi connectivity index (χ4v) is 1.76. The third-order valence-corrected chi connectivity index (χ3v) is 2.79. The van der Waals surface area contributed by atoms with Crippen molar-refractivity contribution in [3.63, 3.8) is 0 Å². The summed E-state index contributed by atoms with van der Waals surface area (Å²) in [5.74, 6) is 0.940. The lowest BCUT2D eigenvalue weighted by molar-refractivity contribution is -0.111. The van der Waals surface area contributed by atoms with E-state index in [1.807, 2.05) is 18.2 Å². The zero-order valence-electron chi connectivity index (χ0n) is 12.0. The van der Waals surface area contributed by atoms with Crippen LogP contribution >= 0.6 is 0 Å². The first-order chi connectivity index (χ1) is 11.3. The molecule has 114 valence electrons. The zero-order valence-corrected chi connectivity index (χ0v) is 12.0. The summed E-state index contributed by atoms with van der Waals surface area (Å²) in [5.41, 5.74) is 0.472. The Bertz CT molecular complexity index is 782. The number of ether oxygens (including phenoxy) is 1. The van der Waals surface area contributed by atoms with E-state index in [4.69, 9.17) is 9.15 Å². The quantitative estimate of drug-likeness (QED) is 0.730. The van der Waals surface area contributed by atoms with Crippen LogP contribution in [0.4, 0.5) is 5.69 Å². The van der Waals surface area contributed by atoms with Gasteiger partial charge in [0.25, 0.3) is 0 Å². The molecule has 0 radical (unpaired) electrons. The topological polar surface area (TPSA) is 77.2 Å². The molecule has 0 atom stereocenters. The number of hydrogen-bond acceptors (Lipinski definition) is 5. The highest BCUT2D eigenvalue weighted by Crippen LogP contribution is 2.17. The van der Waals surface area contributed by atoms with Crippen LogP contribution in [-0.2, 0) is 4.79 Å². The number of nitrogens with zero attached hydrogens (tertiary/aromatic N) is 2. The van der Waals surface area contributed by atoms with Crippen molar-refractivity contribution in [2.24, 2.45) is 0 Å². The van der Waals surface area contributed by atoms with E-state index in [1.54, 1.807) is 30.3 Å². The predicted octanol–water partition coefficient (Wildman–Crippen LogP) is 3.51. The molecule has 3 aromatic rings. The van der Waals surface area contributed by atoms with Gasteiger partial charge in [0.1, 0.15) is 11.5 Å². The van der Waals surface area contributed by atoms with Crippen LogP contribution in [0.5, 0.6) is 11.8 Å². The molecule has 0 fully saturated rings. The highest BCUT2D eigenvalue weighted by atomic mass is 16.5. The summed E-state index contributed by atoms with van der Waals surface area (Å²) in [6.45, 7) is 0. The molecule has 2 aromatic heterocycles. The van der Waals surface area contributed by atoms with Gasteiger partial charge in [-0.25, -0.2) is 9.97 Å². The number of anilines is 1. The lowest BCUT2D eigenvalue weighted by atomic mass is 10.3. The lowest BCUT2D eigenvalue weighted by Crippen LogP contribution is -2.08. The van der Waals surface area contributed by atoms with E-state index < -0.39 is 0 Å². The maximum absolute atomic E-state index is 11.8. The Labute approximate surface area is 132 Å². The van der Waals surface area contributed by atoms with E-state index in [9.17, 15) is 4.79 Å². The van der Waals surface area contributed by atoms with Gasteiger partial charge in [-0.3, -0.25) is 4.79 Å². The van der Waals surface area contributed by atoms with E-state index in [0.29, 0.717) is 17.2 Å². The van der Waals surface area contributed by atoms with Gasteiger partial charge < -0.3 is 14.5 Å². The fourth-order valence-electron chi connectivity index (χ4n) is 1.76. The van der Waals surface area contributed by atoms with Gasteiger partial charge in [-0.2, -0.15) is 0 Å². The predicted molar refractivity (Wildman–Crippen MR) is 84.9 cm³/mol. The van der Waals surface area contributed by atoms with Crippen LogP contribution in [0, 0.1) is 0 Å². The standard InChI is InChI=1S/C17H13N3O3/c21-16(9-8-14-7-4-10-22-14)20-13-11-18-17(19-12-13)23-15-5-2-1-3-6-15/h1-12H,(H,20,21)/b9-8+. The molecule has 0 bridgehead atoms. The number of furan rings is 1. The van der Waals surface area contributed by atoms with E-state index in [-0.39, 0.29) is 11.9 Å². The Morgan fingerprint density at radius 2 is 1.87 bits per heavy atom. The second-order valence-corrected chi connectivity index (χ2v) is 4.51. The average Bonchev–Trinajstić information content (AvgIpc) is 3.09. The number of benzene rings is 1. The Morgan fingerprint density at radius 1 is 1.09 bits per heavy atom. The fraction of sp³-hybridized carbons (Fsp3) is 0. The van der Waals surface area contributed by atoms with Crippen molar-refractivity contribution >= 4 is 17.7 Å². The van der Waals surface area contributed by atoms with Gasteiger partial charge >= 0.3 is 6.01 Å². The molecule has 0 aliphatic rings. The molecule has 23 heavy (non-hydrogen) atoms. The molecule has 6 nitrogen and oxygen atoms in total. The van der Waals surface area contributed by atoms with Gasteiger partial charge in [0.2, 0.25) is 5.91 Å². The first-order valence-electron chi connectivity index (χ1n) is 6.87. The number of rotatable bonds is 5. The number of amides is 1. The highest BCUT2D eigenvalue weighted by Gasteiger charge is 2.03. The Hall–Kier alpha value is -3.41. The maximum Gasteiger partial charge on any atom is 0.322 e. The third-order valence-electron chi connectivity index (χ3n) is 2.79. The average molecular weight is 307 g/mol. The van der Waals surface area contributed by atoms with Crippen LogP contribution in [0.25, 0.3) is 6.08 Å². The van der Waals surface area contributed by atoms with Crippen LogP contribution < -0.4 is 10.1 Å². The summed E-state index contributed by atoms with van der Waals surface area (Å²) in [5, 5.41) is 2.65. The van der Waals surface area contributed by atoms with Crippen LogP contribution in [0.15, 0.2) is 71.6 Å². The van der Waals surface area contributed by atoms with Crippen molar-refractivity contribution in [3.8, 4) is 11.8 Å². The minimum absolute atomic E-state index is 0.209. The highest BCUT2D eigenvalue weighted by molar-refractivity contribution is 6.01. The van der Waals surface area contributed by atoms with Crippen LogP contribution in [0.2, 0.25) is 0 Å². The molecule has 3 rings (SSSR count). The normalized spacial score (nSPS) is 10.6. The van der Waals surface area contributed by atoms with E-state index >= 15 is 0 Å². The lowest BCUT2D eigenvalue weighted by Gasteiger charge is -2.04. The van der Waals surface area contributed by atoms with Crippen molar-refractivity contribution in [1.82, 2.24) is 9.97 Å². The number of aromatic nitrogens is 2. The molecule has 1 aromatic carbocycles. The Morgan fingerprint density at radius 3 is 2.57 bits per heavy atom. The zero-order chi connectivity index (χ0) is 15.9. The summed E-state index contributed by atoms with van der Waals surface area (Å²) < 4.78 is 10.6. The first-order valence-corrected chi connectivity index (χ1v) is 6.87. The van der Waals surface area contributed by atoms with Crippen molar-refractivity contribution in [2.45, 2.75) is 0 Å². The van der Waals surface area contributed by atoms with Gasteiger partial charge in [0.05, 0.1) is 24.3 Å². The van der Waals surface area contributed by atoms with E-state index in [0.717, 1.165) is 0 Å². The van der Waals surface area contributed by atoms with Crippen molar-refractivity contribution in [3.05, 3.63) is 73.0 Å². The monoisotopic (exact) mass is 307 g/mol. The number of para-hydroxylation sites is 1. The number of carbonyl (C=O) groups is 1. The molecule has 0 aliphatic carbocycles. The molecule has 0 saturated carbocycles. The maximum atomic E-state index is 11.8. The molecule has 0 spiro atoms. The molecule has 0 aliphatic heterocycles. The Balaban J connectivity index is 1.58. The van der Waals surface area contributed by atoms with Crippen molar-refractivity contribution in [2.75, 3.05) is 5.32 Å². The molecule has 1 N–H and O–H groups in total. The van der Waals surface area contributed by atoms with Gasteiger partial charge in [0.15, 0.2) is 0 Å². The van der Waals surface area contributed by atoms with E-state index in [1.165, 1.54) is 24.7 Å². The summed E-state index contributed by atoms with van der Waals surface area (Å²) in [4.78, 5) is 19.8. The van der Waals surface area contributed by atoms with Crippen LogP contribution in [-0.4, -0.2) is 15.9 Å². The largest absolute Gasteiger partial charge is 0.465 e. The molecule has 6 heteroatoms. The molecular weight excluding hydrogens is 294 g/mol.